The second-order valence-electron chi connectivity index (χ2n) is 6.14. The minimum absolute atomic E-state index is 0.922. The molecule has 0 heterocycles. The van der Waals surface area contributed by atoms with E-state index in [9.17, 15) is 0 Å². The maximum absolute atomic E-state index is 5.64. The molecular formula is C17H39NO4Si2. The second-order valence-corrected chi connectivity index (χ2v) is 13.8. The average molecular weight is 378 g/mol. The molecular weight excluding hydrogens is 338 g/mol. The summed E-state index contributed by atoms with van der Waals surface area (Å²) in [5, 5.41) is 0. The van der Waals surface area contributed by atoms with Crippen molar-refractivity contribution in [2.24, 2.45) is 4.99 Å². The van der Waals surface area contributed by atoms with E-state index in [2.05, 4.69) is 18.8 Å². The number of nitrogens with zero attached hydrogens (tertiary/aromatic N) is 1. The molecule has 0 aliphatic heterocycles. The Morgan fingerprint density at radius 1 is 0.708 bits per heavy atom. The summed E-state index contributed by atoms with van der Waals surface area (Å²) in [5.41, 5.74) is 0. The van der Waals surface area contributed by atoms with Crippen LogP contribution in [0.2, 0.25) is 24.2 Å². The zero-order valence-corrected chi connectivity index (χ0v) is 18.7. The molecule has 0 aliphatic rings. The normalized spacial score (nSPS) is 13.1. The maximum Gasteiger partial charge on any atom is 0.337 e. The highest BCUT2D eigenvalue weighted by Gasteiger charge is 2.32. The molecule has 0 spiro atoms. The van der Waals surface area contributed by atoms with Gasteiger partial charge in [-0.1, -0.05) is 33.1 Å². The summed E-state index contributed by atoms with van der Waals surface area (Å²) in [7, 11) is 3.28. The van der Waals surface area contributed by atoms with Crippen LogP contribution in [0.15, 0.2) is 4.99 Å². The number of hydrogen-bond donors (Lipinski definition) is 0. The summed E-state index contributed by atoms with van der Waals surface area (Å²) < 4.78 is 22.5. The first-order valence-corrected chi connectivity index (χ1v) is 13.7. The Kier molecular flexibility index (Phi) is 14.1. The minimum atomic E-state index is -1.94. The molecule has 0 aromatic carbocycles. The van der Waals surface area contributed by atoms with Gasteiger partial charge in [0.25, 0.3) is 0 Å². The van der Waals surface area contributed by atoms with Gasteiger partial charge in [0.2, 0.25) is 0 Å². The third-order valence-corrected chi connectivity index (χ3v) is 12.2. The Hall–Kier alpha value is -0.0562. The summed E-state index contributed by atoms with van der Waals surface area (Å²) in [6.07, 6.45) is 7.80. The van der Waals surface area contributed by atoms with Crippen molar-refractivity contribution in [3.63, 3.8) is 0 Å². The lowest BCUT2D eigenvalue weighted by Gasteiger charge is -2.25. The Balaban J connectivity index is 3.73. The first-order valence-electron chi connectivity index (χ1n) is 9.26. The van der Waals surface area contributed by atoms with Gasteiger partial charge in [0.05, 0.1) is 0 Å². The lowest BCUT2D eigenvalue weighted by molar-refractivity contribution is 0.241. The van der Waals surface area contributed by atoms with Gasteiger partial charge in [-0.3, -0.25) is 4.99 Å². The molecule has 0 amide bonds. The van der Waals surface area contributed by atoms with Crippen molar-refractivity contribution >= 4 is 23.3 Å². The highest BCUT2D eigenvalue weighted by atomic mass is 28.4. The van der Waals surface area contributed by atoms with Crippen LogP contribution in [0.4, 0.5) is 0 Å². The molecule has 0 aromatic rings. The van der Waals surface area contributed by atoms with Gasteiger partial charge in [0.15, 0.2) is 0 Å². The van der Waals surface area contributed by atoms with E-state index in [1.54, 1.807) is 28.4 Å². The molecule has 24 heavy (non-hydrogen) atoms. The number of aliphatic imine (C=N–C) groups is 1. The molecule has 5 nitrogen and oxygen atoms in total. The fourth-order valence-corrected chi connectivity index (χ4v) is 7.29. The third kappa shape index (κ3) is 8.87. The number of hydrogen-bond acceptors (Lipinski definition) is 5. The molecule has 0 saturated carbocycles. The molecule has 0 rings (SSSR count). The molecule has 0 atom stereocenters. The Morgan fingerprint density at radius 3 is 1.71 bits per heavy atom. The number of rotatable bonds is 16. The van der Waals surface area contributed by atoms with Crippen molar-refractivity contribution in [1.29, 1.82) is 0 Å². The van der Waals surface area contributed by atoms with Gasteiger partial charge in [-0.05, 0) is 43.2 Å². The molecule has 144 valence electrons. The van der Waals surface area contributed by atoms with Crippen molar-refractivity contribution in [1.82, 2.24) is 0 Å². The molecule has 0 saturated heterocycles. The molecule has 0 unspecified atom stereocenters. The monoisotopic (exact) mass is 377 g/mol. The van der Waals surface area contributed by atoms with Crippen LogP contribution < -0.4 is 0 Å². The van der Waals surface area contributed by atoms with Crippen molar-refractivity contribution in [2.75, 3.05) is 35.0 Å². The molecule has 0 fully saturated rings. The predicted molar refractivity (Wildman–Crippen MR) is 107 cm³/mol. The fraction of sp³-hybridized carbons (Fsp3) is 0.941. The summed E-state index contributed by atoms with van der Waals surface area (Å²) in [6, 6.07) is 4.09. The average Bonchev–Trinajstić information content (AvgIpc) is 2.64. The van der Waals surface area contributed by atoms with E-state index in [1.807, 2.05) is 6.21 Å². The van der Waals surface area contributed by atoms with Crippen molar-refractivity contribution in [2.45, 2.75) is 70.1 Å². The predicted octanol–water partition coefficient (Wildman–Crippen LogP) is 4.52. The largest absolute Gasteiger partial charge is 0.398 e. The standard InChI is InChI=1S/C17H39NO4Si2/c1-7-23(19-3,20-4)16-12-10-9-11-14-18-15-13-17-24(8-2,21-5)22-6/h15H,7-14,16-17H2,1-6H3. The van der Waals surface area contributed by atoms with Gasteiger partial charge in [-0.2, -0.15) is 0 Å². The lowest BCUT2D eigenvalue weighted by atomic mass is 10.2. The van der Waals surface area contributed by atoms with E-state index in [0.29, 0.717) is 0 Å². The van der Waals surface area contributed by atoms with Crippen LogP contribution >= 0.6 is 0 Å². The van der Waals surface area contributed by atoms with Crippen LogP contribution in [-0.4, -0.2) is 58.3 Å². The van der Waals surface area contributed by atoms with Gasteiger partial charge in [0, 0.05) is 35.0 Å². The van der Waals surface area contributed by atoms with Crippen LogP contribution in [0.5, 0.6) is 0 Å². The topological polar surface area (TPSA) is 49.3 Å². The van der Waals surface area contributed by atoms with Gasteiger partial charge in [-0.15, -0.1) is 0 Å². The summed E-state index contributed by atoms with van der Waals surface area (Å²) in [5.74, 6) is 0. The fourth-order valence-electron chi connectivity index (χ4n) is 2.92. The van der Waals surface area contributed by atoms with Crippen molar-refractivity contribution < 1.29 is 17.7 Å². The van der Waals surface area contributed by atoms with Gasteiger partial charge in [-0.25, -0.2) is 0 Å². The Morgan fingerprint density at radius 2 is 1.21 bits per heavy atom. The highest BCUT2D eigenvalue weighted by Crippen LogP contribution is 2.21. The van der Waals surface area contributed by atoms with Crippen molar-refractivity contribution in [3.05, 3.63) is 0 Å². The molecule has 0 aliphatic carbocycles. The molecule has 0 bridgehead atoms. The first kappa shape index (κ1) is 23.9. The van der Waals surface area contributed by atoms with Crippen LogP contribution in [0.25, 0.3) is 0 Å². The van der Waals surface area contributed by atoms with E-state index < -0.39 is 17.1 Å². The molecule has 0 aromatic heterocycles. The number of unbranched alkanes of at least 4 members (excludes halogenated alkanes) is 3. The van der Waals surface area contributed by atoms with E-state index in [0.717, 1.165) is 43.6 Å². The lowest BCUT2D eigenvalue weighted by Crippen LogP contribution is -2.38. The molecule has 0 radical (unpaired) electrons. The Labute approximate surface area is 151 Å². The Bertz CT molecular complexity index is 305. The zero-order valence-electron chi connectivity index (χ0n) is 16.7. The van der Waals surface area contributed by atoms with Crippen LogP contribution in [0.3, 0.4) is 0 Å². The quantitative estimate of drug-likeness (QED) is 0.225. The van der Waals surface area contributed by atoms with Gasteiger partial charge >= 0.3 is 17.1 Å². The minimum Gasteiger partial charge on any atom is -0.398 e. The van der Waals surface area contributed by atoms with E-state index in [4.69, 9.17) is 17.7 Å². The van der Waals surface area contributed by atoms with E-state index >= 15 is 0 Å². The first-order chi connectivity index (χ1) is 11.6. The zero-order chi connectivity index (χ0) is 18.3. The summed E-state index contributed by atoms with van der Waals surface area (Å²) in [4.78, 5) is 4.52. The smallest absolute Gasteiger partial charge is 0.337 e. The third-order valence-electron chi connectivity index (χ3n) is 4.94. The van der Waals surface area contributed by atoms with Gasteiger partial charge in [0.1, 0.15) is 0 Å². The highest BCUT2D eigenvalue weighted by molar-refractivity contribution is 6.67. The van der Waals surface area contributed by atoms with E-state index in [-0.39, 0.29) is 0 Å². The maximum atomic E-state index is 5.64. The van der Waals surface area contributed by atoms with Crippen LogP contribution in [-0.2, 0) is 17.7 Å². The summed E-state index contributed by atoms with van der Waals surface area (Å²) >= 11 is 0. The molecule has 7 heteroatoms. The second kappa shape index (κ2) is 14.1. The van der Waals surface area contributed by atoms with Crippen LogP contribution in [0.1, 0.15) is 46.0 Å². The SMILES string of the molecule is CC[Si](CCC=NCCCCCC[Si](CC)(OC)OC)(OC)OC. The summed E-state index contributed by atoms with van der Waals surface area (Å²) in [6.45, 7) is 5.22. The van der Waals surface area contributed by atoms with Crippen molar-refractivity contribution in [3.8, 4) is 0 Å². The van der Waals surface area contributed by atoms with Gasteiger partial charge < -0.3 is 17.7 Å². The molecule has 0 N–H and O–H groups in total. The van der Waals surface area contributed by atoms with E-state index in [1.165, 1.54) is 19.3 Å². The van der Waals surface area contributed by atoms with Crippen LogP contribution in [0, 0.1) is 0 Å².